The lowest BCUT2D eigenvalue weighted by Gasteiger charge is -2.10. The Labute approximate surface area is 482 Å². The van der Waals surface area contributed by atoms with Gasteiger partial charge in [-0.1, -0.05) is 211 Å². The molecule has 0 radical (unpaired) electrons. The SMILES string of the molecule is CCCCCCCCCc1ccc(OC(=O)c2ccc(-c3ccc(OCCCCCCCC)c(F)c3)cc2)c(F)c1.CCCCCCCCOc1ccc(-c2ccc(C(=O)Oc3ccc(CCCCCCCC)cc3F)cc2)cc1F. The molecule has 438 valence electrons. The molecule has 0 atom stereocenters. The third kappa shape index (κ3) is 24.3. The summed E-state index contributed by atoms with van der Waals surface area (Å²) in [5.74, 6) is -2.85. The molecule has 6 rings (SSSR count). The third-order valence-electron chi connectivity index (χ3n) is 14.6. The van der Waals surface area contributed by atoms with Crippen molar-refractivity contribution in [1.29, 1.82) is 0 Å². The molecule has 0 spiro atoms. The minimum Gasteiger partial charge on any atom is -0.491 e. The lowest BCUT2D eigenvalue weighted by molar-refractivity contribution is 0.0718. The second-order valence-electron chi connectivity index (χ2n) is 21.4. The molecule has 0 unspecified atom stereocenters. The highest BCUT2D eigenvalue weighted by Crippen LogP contribution is 2.30. The molecule has 0 aliphatic carbocycles. The van der Waals surface area contributed by atoms with Gasteiger partial charge in [0.05, 0.1) is 24.3 Å². The van der Waals surface area contributed by atoms with Crippen LogP contribution in [0.15, 0.2) is 121 Å². The van der Waals surface area contributed by atoms with E-state index in [4.69, 9.17) is 18.9 Å². The Morgan fingerprint density at radius 2 is 0.593 bits per heavy atom. The van der Waals surface area contributed by atoms with E-state index in [1.807, 2.05) is 12.1 Å². The number of esters is 2. The van der Waals surface area contributed by atoms with E-state index in [0.717, 1.165) is 86.5 Å². The third-order valence-corrected chi connectivity index (χ3v) is 14.6. The first-order chi connectivity index (χ1) is 39.5. The molecule has 0 aromatic heterocycles. The van der Waals surface area contributed by atoms with Gasteiger partial charge < -0.3 is 18.9 Å². The molecule has 81 heavy (non-hydrogen) atoms. The average Bonchev–Trinajstić information content (AvgIpc) is 3.47. The topological polar surface area (TPSA) is 71.1 Å². The quantitative estimate of drug-likeness (QED) is 0.0168. The van der Waals surface area contributed by atoms with Gasteiger partial charge in [-0.15, -0.1) is 0 Å². The summed E-state index contributed by atoms with van der Waals surface area (Å²) in [6.07, 6.45) is 31.0. The van der Waals surface area contributed by atoms with Crippen LogP contribution < -0.4 is 18.9 Å². The second-order valence-corrected chi connectivity index (χ2v) is 21.4. The zero-order valence-corrected chi connectivity index (χ0v) is 49.0. The normalized spacial score (nSPS) is 11.0. The maximum absolute atomic E-state index is 14.6. The molecular formula is C71H90F4O6. The van der Waals surface area contributed by atoms with Crippen molar-refractivity contribution in [3.63, 3.8) is 0 Å². The van der Waals surface area contributed by atoms with Crippen molar-refractivity contribution in [2.75, 3.05) is 13.2 Å². The van der Waals surface area contributed by atoms with Crippen molar-refractivity contribution >= 4 is 11.9 Å². The summed E-state index contributed by atoms with van der Waals surface area (Å²) in [5.41, 5.74) is 5.26. The van der Waals surface area contributed by atoms with Crippen LogP contribution in [0.25, 0.3) is 22.3 Å². The van der Waals surface area contributed by atoms with Gasteiger partial charge in [0.1, 0.15) is 0 Å². The Hall–Kier alpha value is -6.42. The molecule has 6 aromatic carbocycles. The van der Waals surface area contributed by atoms with Gasteiger partial charge in [-0.3, -0.25) is 0 Å². The molecule has 0 N–H and O–H groups in total. The van der Waals surface area contributed by atoms with Crippen molar-refractivity contribution in [2.24, 2.45) is 0 Å². The number of halogens is 4. The van der Waals surface area contributed by atoms with Crippen molar-refractivity contribution in [1.82, 2.24) is 0 Å². The summed E-state index contributed by atoms with van der Waals surface area (Å²) >= 11 is 0. The molecule has 0 aliphatic rings. The first-order valence-corrected chi connectivity index (χ1v) is 30.6. The van der Waals surface area contributed by atoms with E-state index in [1.54, 1.807) is 72.8 Å². The molecule has 0 saturated heterocycles. The first kappa shape index (κ1) is 65.4. The minimum absolute atomic E-state index is 0.0824. The van der Waals surface area contributed by atoms with Crippen LogP contribution in [0.4, 0.5) is 17.6 Å². The summed E-state index contributed by atoms with van der Waals surface area (Å²) in [4.78, 5) is 25.3. The molecule has 0 fully saturated rings. The number of hydrogen-bond acceptors (Lipinski definition) is 6. The zero-order valence-electron chi connectivity index (χ0n) is 49.0. The fourth-order valence-corrected chi connectivity index (χ4v) is 9.60. The van der Waals surface area contributed by atoms with Crippen LogP contribution in [0.5, 0.6) is 23.0 Å². The molecule has 0 saturated carbocycles. The second kappa shape index (κ2) is 38.3. The van der Waals surface area contributed by atoms with E-state index >= 15 is 0 Å². The maximum Gasteiger partial charge on any atom is 0.343 e. The Bertz CT molecular complexity index is 2740. The van der Waals surface area contributed by atoms with Gasteiger partial charge in [0, 0.05) is 0 Å². The standard InChI is InChI=1S/C36H46F2O3.C35H44F2O3/c1-3-5-7-9-11-12-14-16-28-17-23-35(32(37)26-28)41-36(39)30-20-18-29(19-21-30)31-22-24-34(33(38)27-31)40-25-15-13-10-8-6-4-2;1-3-5-7-9-11-13-15-27-16-22-34(31(36)25-27)40-35(38)29-19-17-28(18-20-29)30-21-23-33(32(37)26-30)39-24-14-12-10-8-6-4-2/h17-24,26-27H,3-16,25H2,1-2H3;16-23,25-26H,3-15,24H2,1-2H3. The highest BCUT2D eigenvalue weighted by atomic mass is 19.1. The Balaban J connectivity index is 0.000000297. The van der Waals surface area contributed by atoms with Gasteiger partial charge in [0.25, 0.3) is 0 Å². The van der Waals surface area contributed by atoms with Crippen molar-refractivity contribution in [2.45, 2.75) is 201 Å². The molecule has 0 amide bonds. The van der Waals surface area contributed by atoms with Gasteiger partial charge in [-0.2, -0.15) is 0 Å². The molecule has 10 heteroatoms. The highest BCUT2D eigenvalue weighted by Gasteiger charge is 2.16. The number of carbonyl (C=O) groups is 2. The predicted octanol–water partition coefficient (Wildman–Crippen LogP) is 21.4. The van der Waals surface area contributed by atoms with E-state index in [0.29, 0.717) is 35.5 Å². The summed E-state index contributed by atoms with van der Waals surface area (Å²) in [6, 6.07) is 32.7. The van der Waals surface area contributed by atoms with Crippen LogP contribution in [0.3, 0.4) is 0 Å². The molecular weight excluding hydrogens is 1020 g/mol. The molecule has 0 bridgehead atoms. The Morgan fingerprint density at radius 1 is 0.309 bits per heavy atom. The van der Waals surface area contributed by atoms with Crippen LogP contribution in [0.2, 0.25) is 0 Å². The summed E-state index contributed by atoms with van der Waals surface area (Å²) < 4.78 is 80.4. The lowest BCUT2D eigenvalue weighted by atomic mass is 10.0. The predicted molar refractivity (Wildman–Crippen MR) is 323 cm³/mol. The van der Waals surface area contributed by atoms with Crippen LogP contribution in [0.1, 0.15) is 220 Å². The van der Waals surface area contributed by atoms with E-state index in [9.17, 15) is 27.2 Å². The number of benzene rings is 6. The number of unbranched alkanes of at least 4 members (excludes halogenated alkanes) is 21. The number of ether oxygens (including phenoxy) is 4. The molecule has 0 heterocycles. The Morgan fingerprint density at radius 3 is 0.914 bits per heavy atom. The van der Waals surface area contributed by atoms with Crippen LogP contribution in [0, 0.1) is 23.3 Å². The highest BCUT2D eigenvalue weighted by molar-refractivity contribution is 5.92. The number of hydrogen-bond donors (Lipinski definition) is 0. The number of aryl methyl sites for hydroxylation is 2. The average molecular weight is 1120 g/mol. The van der Waals surface area contributed by atoms with Crippen LogP contribution >= 0.6 is 0 Å². The van der Waals surface area contributed by atoms with Gasteiger partial charge in [-0.25, -0.2) is 27.2 Å². The fourth-order valence-electron chi connectivity index (χ4n) is 9.60. The van der Waals surface area contributed by atoms with Crippen LogP contribution in [-0.4, -0.2) is 25.2 Å². The van der Waals surface area contributed by atoms with E-state index in [-0.39, 0.29) is 23.0 Å². The van der Waals surface area contributed by atoms with Gasteiger partial charge in [0.15, 0.2) is 46.3 Å². The van der Waals surface area contributed by atoms with Crippen LogP contribution in [-0.2, 0) is 12.8 Å². The van der Waals surface area contributed by atoms with E-state index in [2.05, 4.69) is 27.7 Å². The molecule has 6 nitrogen and oxygen atoms in total. The van der Waals surface area contributed by atoms with E-state index < -0.39 is 35.2 Å². The van der Waals surface area contributed by atoms with Crippen molar-refractivity contribution in [3.8, 4) is 45.3 Å². The minimum atomic E-state index is -0.640. The largest absolute Gasteiger partial charge is 0.491 e. The zero-order chi connectivity index (χ0) is 57.9. The smallest absolute Gasteiger partial charge is 0.343 e. The first-order valence-electron chi connectivity index (χ1n) is 30.6. The van der Waals surface area contributed by atoms with Crippen molar-refractivity contribution in [3.05, 3.63) is 167 Å². The number of rotatable bonds is 37. The number of carbonyl (C=O) groups excluding carboxylic acids is 2. The van der Waals surface area contributed by atoms with Gasteiger partial charge in [0.2, 0.25) is 0 Å². The molecule has 0 aliphatic heterocycles. The van der Waals surface area contributed by atoms with E-state index in [1.165, 1.54) is 146 Å². The summed E-state index contributed by atoms with van der Waals surface area (Å²) in [7, 11) is 0. The van der Waals surface area contributed by atoms with Gasteiger partial charge in [-0.05, 0) is 145 Å². The maximum atomic E-state index is 14.6. The monoisotopic (exact) mass is 1110 g/mol. The van der Waals surface area contributed by atoms with Crippen molar-refractivity contribution < 1.29 is 46.1 Å². The Kier molecular flexibility index (Phi) is 30.9. The fraction of sp³-hybridized carbons (Fsp3) is 0.465. The molecule has 6 aromatic rings. The lowest BCUT2D eigenvalue weighted by Crippen LogP contribution is -2.09. The summed E-state index contributed by atoms with van der Waals surface area (Å²) in [5, 5.41) is 0. The van der Waals surface area contributed by atoms with Gasteiger partial charge >= 0.3 is 11.9 Å². The summed E-state index contributed by atoms with van der Waals surface area (Å²) in [6.45, 7) is 9.80.